The number of piperidine rings is 2. The van der Waals surface area contributed by atoms with Gasteiger partial charge in [0, 0.05) is 36.8 Å². The summed E-state index contributed by atoms with van der Waals surface area (Å²) in [7, 11) is 0. The molecular formula is C23H31F3N4O2. The molecule has 2 aromatic rings. The maximum atomic E-state index is 13.1. The van der Waals surface area contributed by atoms with Crippen LogP contribution in [-0.4, -0.2) is 62.7 Å². The van der Waals surface area contributed by atoms with Crippen molar-refractivity contribution in [3.8, 4) is 17.1 Å². The average molecular weight is 453 g/mol. The van der Waals surface area contributed by atoms with E-state index in [9.17, 15) is 23.1 Å². The summed E-state index contributed by atoms with van der Waals surface area (Å²) < 4.78 is 40.5. The zero-order chi connectivity index (χ0) is 23.0. The zero-order valence-corrected chi connectivity index (χ0v) is 18.5. The number of nitrogens with one attached hydrogen (secondary N) is 1. The minimum absolute atomic E-state index is 0.0320. The molecule has 9 heteroatoms. The monoisotopic (exact) mass is 452 g/mol. The molecule has 2 N–H and O–H groups in total. The van der Waals surface area contributed by atoms with Gasteiger partial charge < -0.3 is 19.9 Å². The summed E-state index contributed by atoms with van der Waals surface area (Å²) in [6.07, 6.45) is -0.780. The quantitative estimate of drug-likeness (QED) is 0.734. The van der Waals surface area contributed by atoms with Crippen molar-refractivity contribution in [3.63, 3.8) is 0 Å². The molecule has 2 fully saturated rings. The van der Waals surface area contributed by atoms with E-state index >= 15 is 0 Å². The third-order valence-electron chi connectivity index (χ3n) is 6.99. The lowest BCUT2D eigenvalue weighted by molar-refractivity contribution is -0.137. The first-order chi connectivity index (χ1) is 15.1. The van der Waals surface area contributed by atoms with E-state index in [0.29, 0.717) is 12.1 Å². The van der Waals surface area contributed by atoms with E-state index < -0.39 is 17.4 Å². The molecule has 1 aromatic carbocycles. The number of aromatic amines is 1. The van der Waals surface area contributed by atoms with E-state index in [-0.39, 0.29) is 23.2 Å². The fourth-order valence-electron chi connectivity index (χ4n) is 5.11. The largest absolute Gasteiger partial charge is 0.493 e. The second-order valence-corrected chi connectivity index (χ2v) is 9.21. The Labute approximate surface area is 185 Å². The summed E-state index contributed by atoms with van der Waals surface area (Å²) in [5.41, 5.74) is -1.13. The third-order valence-corrected chi connectivity index (χ3v) is 6.99. The van der Waals surface area contributed by atoms with Crippen molar-refractivity contribution in [2.45, 2.75) is 63.8 Å². The maximum Gasteiger partial charge on any atom is 0.416 e. The van der Waals surface area contributed by atoms with Crippen molar-refractivity contribution in [1.82, 2.24) is 19.4 Å². The molecule has 1 aromatic heterocycles. The summed E-state index contributed by atoms with van der Waals surface area (Å²) >= 11 is 0. The molecule has 2 aliphatic rings. The van der Waals surface area contributed by atoms with Gasteiger partial charge >= 0.3 is 11.9 Å². The van der Waals surface area contributed by atoms with Crippen LogP contribution in [0.3, 0.4) is 0 Å². The van der Waals surface area contributed by atoms with Crippen LogP contribution in [0, 0.1) is 0 Å². The van der Waals surface area contributed by atoms with Gasteiger partial charge in [-0.2, -0.15) is 13.2 Å². The molecule has 0 unspecified atom stereocenters. The first kappa shape index (κ1) is 22.9. The van der Waals surface area contributed by atoms with E-state index in [0.717, 1.165) is 64.0 Å². The van der Waals surface area contributed by atoms with E-state index in [1.54, 1.807) is 0 Å². The van der Waals surface area contributed by atoms with Crippen LogP contribution in [0.5, 0.6) is 5.88 Å². The van der Waals surface area contributed by atoms with Gasteiger partial charge in [0.2, 0.25) is 5.88 Å². The van der Waals surface area contributed by atoms with Crippen LogP contribution in [-0.2, 0) is 6.18 Å². The molecule has 0 radical (unpaired) electrons. The lowest BCUT2D eigenvalue weighted by Gasteiger charge is -2.42. The number of halogens is 3. The Kier molecular flexibility index (Phi) is 6.40. The number of aromatic hydroxyl groups is 1. The first-order valence-electron chi connectivity index (χ1n) is 11.3. The lowest BCUT2D eigenvalue weighted by Crippen LogP contribution is -2.49. The number of H-pyrrole nitrogens is 1. The predicted molar refractivity (Wildman–Crippen MR) is 117 cm³/mol. The molecule has 0 bridgehead atoms. The van der Waals surface area contributed by atoms with Crippen LogP contribution >= 0.6 is 0 Å². The topological polar surface area (TPSA) is 64.5 Å². The van der Waals surface area contributed by atoms with Gasteiger partial charge in [0.25, 0.3) is 0 Å². The minimum atomic E-state index is -4.49. The highest BCUT2D eigenvalue weighted by molar-refractivity contribution is 5.65. The molecule has 176 valence electrons. The standard InChI is InChI=1S/C23H31F3N4O2/c1-15(2)28-10-6-18(7-11-28)29-12-8-19(9-13-29)30-21(31)20(27-22(30)32)16-4-3-5-17(14-16)23(24,25)26/h3-5,14-15,18-19,31H,6-13H2,1-2H3,(H,27,32). The molecule has 0 spiro atoms. The number of nitrogens with zero attached hydrogens (tertiary/aromatic N) is 3. The van der Waals surface area contributed by atoms with Gasteiger partial charge in [0.1, 0.15) is 5.69 Å². The second-order valence-electron chi connectivity index (χ2n) is 9.21. The van der Waals surface area contributed by atoms with Crippen molar-refractivity contribution in [3.05, 3.63) is 40.3 Å². The van der Waals surface area contributed by atoms with Gasteiger partial charge in [0.15, 0.2) is 0 Å². The highest BCUT2D eigenvalue weighted by Crippen LogP contribution is 2.36. The number of aromatic nitrogens is 2. The summed E-state index contributed by atoms with van der Waals surface area (Å²) in [4.78, 5) is 20.1. The molecule has 0 amide bonds. The summed E-state index contributed by atoms with van der Waals surface area (Å²) in [6, 6.07) is 5.58. The molecule has 0 aliphatic carbocycles. The molecule has 3 heterocycles. The minimum Gasteiger partial charge on any atom is -0.493 e. The maximum absolute atomic E-state index is 13.1. The van der Waals surface area contributed by atoms with Crippen molar-refractivity contribution in [1.29, 1.82) is 0 Å². The van der Waals surface area contributed by atoms with E-state index in [2.05, 4.69) is 28.6 Å². The van der Waals surface area contributed by atoms with Gasteiger partial charge in [-0.15, -0.1) is 0 Å². The zero-order valence-electron chi connectivity index (χ0n) is 18.5. The van der Waals surface area contributed by atoms with Crippen LogP contribution in [0.15, 0.2) is 29.1 Å². The van der Waals surface area contributed by atoms with Crippen LogP contribution < -0.4 is 5.69 Å². The third kappa shape index (κ3) is 4.59. The Morgan fingerprint density at radius 2 is 1.66 bits per heavy atom. The molecular weight excluding hydrogens is 421 g/mol. The van der Waals surface area contributed by atoms with Crippen LogP contribution in [0.2, 0.25) is 0 Å². The number of likely N-dealkylation sites (tertiary alicyclic amines) is 2. The van der Waals surface area contributed by atoms with Crippen LogP contribution in [0.1, 0.15) is 51.1 Å². The summed E-state index contributed by atoms with van der Waals surface area (Å²) in [5, 5.41) is 10.7. The molecule has 0 saturated carbocycles. The molecule has 4 rings (SSSR count). The van der Waals surface area contributed by atoms with Crippen LogP contribution in [0.25, 0.3) is 11.3 Å². The van der Waals surface area contributed by atoms with Gasteiger partial charge in [0.05, 0.1) is 5.56 Å². The van der Waals surface area contributed by atoms with Gasteiger partial charge in [-0.3, -0.25) is 4.57 Å². The van der Waals surface area contributed by atoms with Crippen molar-refractivity contribution in [2.75, 3.05) is 26.2 Å². The van der Waals surface area contributed by atoms with Crippen molar-refractivity contribution in [2.24, 2.45) is 0 Å². The van der Waals surface area contributed by atoms with Gasteiger partial charge in [-0.05, 0) is 64.8 Å². The number of hydrogen-bond acceptors (Lipinski definition) is 4. The molecule has 2 saturated heterocycles. The predicted octanol–water partition coefficient (Wildman–Crippen LogP) is 4.08. The second kappa shape index (κ2) is 8.94. The van der Waals surface area contributed by atoms with E-state index in [1.807, 2.05) is 0 Å². The number of imidazole rings is 1. The number of alkyl halides is 3. The highest BCUT2D eigenvalue weighted by Gasteiger charge is 2.33. The fraction of sp³-hybridized carbons (Fsp3) is 0.609. The SMILES string of the molecule is CC(C)N1CCC(N2CCC(n3c(O)c(-c4cccc(C(F)(F)F)c4)[nH]c3=O)CC2)CC1. The van der Waals surface area contributed by atoms with E-state index in [4.69, 9.17) is 0 Å². The normalized spacial score (nSPS) is 20.3. The van der Waals surface area contributed by atoms with E-state index in [1.165, 1.54) is 16.7 Å². The van der Waals surface area contributed by atoms with Crippen molar-refractivity contribution < 1.29 is 18.3 Å². The summed E-state index contributed by atoms with van der Waals surface area (Å²) in [5.74, 6) is -0.294. The Morgan fingerprint density at radius 1 is 1.03 bits per heavy atom. The van der Waals surface area contributed by atoms with Gasteiger partial charge in [-0.1, -0.05) is 12.1 Å². The Bertz CT molecular complexity index is 982. The Balaban J connectivity index is 1.45. The smallest absolute Gasteiger partial charge is 0.416 e. The summed E-state index contributed by atoms with van der Waals surface area (Å²) in [6.45, 7) is 8.32. The fourth-order valence-corrected chi connectivity index (χ4v) is 5.11. The van der Waals surface area contributed by atoms with Crippen molar-refractivity contribution >= 4 is 0 Å². The average Bonchev–Trinajstić information content (AvgIpc) is 3.07. The molecule has 32 heavy (non-hydrogen) atoms. The molecule has 0 atom stereocenters. The lowest BCUT2D eigenvalue weighted by atomic mass is 9.97. The number of rotatable bonds is 4. The molecule has 6 nitrogen and oxygen atoms in total. The number of benzene rings is 1. The van der Waals surface area contributed by atoms with Gasteiger partial charge in [-0.25, -0.2) is 4.79 Å². The highest BCUT2D eigenvalue weighted by atomic mass is 19.4. The number of hydrogen-bond donors (Lipinski definition) is 2. The molecule has 2 aliphatic heterocycles. The Morgan fingerprint density at radius 3 is 2.25 bits per heavy atom. The Hall–Kier alpha value is -2.26. The first-order valence-corrected chi connectivity index (χ1v) is 11.3. The van der Waals surface area contributed by atoms with Crippen LogP contribution in [0.4, 0.5) is 13.2 Å².